The Morgan fingerprint density at radius 1 is 1.19 bits per heavy atom. The highest BCUT2D eigenvalue weighted by Gasteiger charge is 2.15. The summed E-state index contributed by atoms with van der Waals surface area (Å²) in [5.41, 5.74) is 4.20. The second-order valence-electron chi connectivity index (χ2n) is 6.70. The van der Waals surface area contributed by atoms with Gasteiger partial charge in [0, 0.05) is 28.1 Å². The van der Waals surface area contributed by atoms with Gasteiger partial charge in [0.25, 0.3) is 0 Å². The zero-order valence-electron chi connectivity index (χ0n) is 20.1. The Bertz CT molecular complexity index is 827. The summed E-state index contributed by atoms with van der Waals surface area (Å²) in [4.78, 5) is 2.56. The number of aliphatic hydroxyl groups is 1. The van der Waals surface area contributed by atoms with Crippen LogP contribution in [0.15, 0.2) is 46.5 Å². The topological polar surface area (TPSA) is 32.3 Å². The molecule has 0 atom stereocenters. The van der Waals surface area contributed by atoms with E-state index in [2.05, 4.69) is 61.1 Å². The highest BCUT2D eigenvalue weighted by Crippen LogP contribution is 2.37. The third-order valence-electron chi connectivity index (χ3n) is 4.26. The van der Waals surface area contributed by atoms with Gasteiger partial charge < -0.3 is 10.4 Å². The smallest absolute Gasteiger partial charge is 0.128 e. The fraction of sp³-hybridized carbons (Fsp3) is 0.462. The molecular weight excluding hydrogens is 473 g/mol. The molecule has 31 heavy (non-hydrogen) atoms. The molecule has 5 heteroatoms. The van der Waals surface area contributed by atoms with Crippen LogP contribution in [0.3, 0.4) is 0 Å². The summed E-state index contributed by atoms with van der Waals surface area (Å²) in [5, 5.41) is 11.0. The van der Waals surface area contributed by atoms with E-state index in [-0.39, 0.29) is 12.4 Å². The Labute approximate surface area is 201 Å². The van der Waals surface area contributed by atoms with E-state index >= 15 is 0 Å². The van der Waals surface area contributed by atoms with Crippen molar-refractivity contribution in [2.75, 3.05) is 6.61 Å². The van der Waals surface area contributed by atoms with Crippen LogP contribution < -0.4 is 5.32 Å². The molecule has 0 bridgehead atoms. The van der Waals surface area contributed by atoms with Crippen molar-refractivity contribution in [3.8, 4) is 0 Å². The van der Waals surface area contributed by atoms with E-state index in [0.717, 1.165) is 25.0 Å². The van der Waals surface area contributed by atoms with E-state index in [0.29, 0.717) is 12.1 Å². The van der Waals surface area contributed by atoms with Gasteiger partial charge in [-0.25, -0.2) is 4.39 Å². The van der Waals surface area contributed by atoms with Crippen LogP contribution in [0.1, 0.15) is 75.3 Å². The lowest BCUT2D eigenvalue weighted by Crippen LogP contribution is -2.13. The summed E-state index contributed by atoms with van der Waals surface area (Å²) in [6, 6.07) is 6.93. The lowest BCUT2D eigenvalue weighted by molar-refractivity contribution is 0.318. The first-order valence-electron chi connectivity index (χ1n) is 11.1. The van der Waals surface area contributed by atoms with E-state index < -0.39 is 0 Å². The average molecular weight is 513 g/mol. The van der Waals surface area contributed by atoms with Crippen molar-refractivity contribution < 1.29 is 9.50 Å². The van der Waals surface area contributed by atoms with Gasteiger partial charge in [-0.3, -0.25) is 0 Å². The number of rotatable bonds is 8. The Morgan fingerprint density at radius 3 is 2.32 bits per heavy atom. The van der Waals surface area contributed by atoms with Gasteiger partial charge in [-0.2, -0.15) is 0 Å². The highest BCUT2D eigenvalue weighted by atomic mass is 79.9. The van der Waals surface area contributed by atoms with Gasteiger partial charge in [-0.05, 0) is 67.2 Å². The molecule has 0 unspecified atom stereocenters. The summed E-state index contributed by atoms with van der Waals surface area (Å²) in [5.74, 6) is -0.170. The maximum absolute atomic E-state index is 14.0. The molecule has 1 heterocycles. The zero-order chi connectivity index (χ0) is 23.8. The molecular formula is C26H39BrFNOS. The molecule has 0 amide bonds. The monoisotopic (exact) mass is 511 g/mol. The summed E-state index contributed by atoms with van der Waals surface area (Å²) in [6.07, 6.45) is 7.63. The van der Waals surface area contributed by atoms with Crippen LogP contribution in [0.4, 0.5) is 4.39 Å². The van der Waals surface area contributed by atoms with Gasteiger partial charge in [0.05, 0.1) is 10.6 Å². The van der Waals surface area contributed by atoms with E-state index in [1.54, 1.807) is 24.3 Å². The number of hydrogen-bond acceptors (Lipinski definition) is 3. The minimum atomic E-state index is -0.170. The van der Waals surface area contributed by atoms with E-state index in [4.69, 9.17) is 5.11 Å². The molecule has 1 aromatic carbocycles. The third-order valence-corrected chi connectivity index (χ3v) is 7.07. The first kappa shape index (κ1) is 29.6. The minimum Gasteiger partial charge on any atom is -0.397 e. The number of aryl methyl sites for hydroxylation is 1. The number of thiophene rings is 1. The first-order chi connectivity index (χ1) is 14.9. The minimum absolute atomic E-state index is 0.170. The first-order valence-corrected chi connectivity index (χ1v) is 12.7. The van der Waals surface area contributed by atoms with Crippen LogP contribution >= 0.6 is 27.3 Å². The molecule has 0 aliphatic heterocycles. The Morgan fingerprint density at radius 2 is 1.81 bits per heavy atom. The number of halogens is 2. The standard InChI is InChI=1S/C22H27BrFNS.C2H6O.C2H6/c1-5-7-10-15(3)13-19(22-16(4)21(23)20(6-2)26-22)25-14-17-11-8-9-12-18(17)24;1-2-3;1-2/h8-13,25H,5-7,14H2,1-4H3;3H,2H2,1H3;1-2H3/b15-10+,19-13+;;. The molecule has 0 radical (unpaired) electrons. The van der Waals surface area contributed by atoms with Crippen LogP contribution in [0.2, 0.25) is 0 Å². The van der Waals surface area contributed by atoms with Gasteiger partial charge in [-0.15, -0.1) is 11.3 Å². The summed E-state index contributed by atoms with van der Waals surface area (Å²) < 4.78 is 15.2. The highest BCUT2D eigenvalue weighted by molar-refractivity contribution is 9.10. The van der Waals surface area contributed by atoms with Crippen LogP contribution in [-0.4, -0.2) is 11.7 Å². The lowest BCUT2D eigenvalue weighted by Gasteiger charge is -2.12. The molecule has 0 spiro atoms. The summed E-state index contributed by atoms with van der Waals surface area (Å²) in [7, 11) is 0. The second-order valence-corrected chi connectivity index (χ2v) is 8.60. The fourth-order valence-electron chi connectivity index (χ4n) is 2.73. The number of benzene rings is 1. The van der Waals surface area contributed by atoms with Crippen LogP contribution in [0, 0.1) is 12.7 Å². The van der Waals surface area contributed by atoms with Crippen molar-refractivity contribution in [1.29, 1.82) is 0 Å². The van der Waals surface area contributed by atoms with Gasteiger partial charge in [0.1, 0.15) is 5.82 Å². The predicted octanol–water partition coefficient (Wildman–Crippen LogP) is 8.42. The molecule has 0 aliphatic rings. The molecule has 174 valence electrons. The SMILES string of the molecule is CC.CCC/C=C(C)/C=C(/NCc1ccccc1F)c1sc(CC)c(Br)c1C.CCO. The quantitative estimate of drug-likeness (QED) is 0.348. The van der Waals surface area contributed by atoms with Crippen LogP contribution in [-0.2, 0) is 13.0 Å². The maximum atomic E-state index is 14.0. The molecule has 0 saturated heterocycles. The molecule has 0 aliphatic carbocycles. The normalized spacial score (nSPS) is 11.3. The van der Waals surface area contributed by atoms with E-state index in [1.165, 1.54) is 31.4 Å². The molecule has 0 saturated carbocycles. The summed E-state index contributed by atoms with van der Waals surface area (Å²) >= 11 is 5.53. The number of nitrogens with one attached hydrogen (secondary N) is 1. The van der Waals surface area contributed by atoms with Crippen molar-refractivity contribution >= 4 is 33.0 Å². The molecule has 1 aromatic heterocycles. The van der Waals surface area contributed by atoms with Crippen LogP contribution in [0.5, 0.6) is 0 Å². The number of allylic oxidation sites excluding steroid dienone is 3. The van der Waals surface area contributed by atoms with Gasteiger partial charge in [0.2, 0.25) is 0 Å². The predicted molar refractivity (Wildman–Crippen MR) is 140 cm³/mol. The molecule has 2 aromatic rings. The third kappa shape index (κ3) is 10.2. The molecule has 2 N–H and O–H groups in total. The molecule has 2 rings (SSSR count). The van der Waals surface area contributed by atoms with Crippen molar-refractivity contribution in [3.05, 3.63) is 73.2 Å². The largest absolute Gasteiger partial charge is 0.397 e. The Balaban J connectivity index is 0.00000165. The van der Waals surface area contributed by atoms with E-state index in [1.807, 2.05) is 26.0 Å². The fourth-order valence-corrected chi connectivity index (χ4v) is 4.71. The van der Waals surface area contributed by atoms with Crippen LogP contribution in [0.25, 0.3) is 5.70 Å². The average Bonchev–Trinajstić information content (AvgIpc) is 3.06. The number of unbranched alkanes of at least 4 members (excludes halogenated alkanes) is 1. The number of aliphatic hydroxyl groups excluding tert-OH is 1. The van der Waals surface area contributed by atoms with Gasteiger partial charge in [0.15, 0.2) is 0 Å². The Kier molecular flexibility index (Phi) is 16.4. The zero-order valence-corrected chi connectivity index (χ0v) is 22.5. The van der Waals surface area contributed by atoms with Gasteiger partial charge in [-0.1, -0.05) is 64.0 Å². The van der Waals surface area contributed by atoms with Crippen molar-refractivity contribution in [1.82, 2.24) is 5.32 Å². The summed E-state index contributed by atoms with van der Waals surface area (Å²) in [6.45, 7) is 15.0. The Hall–Kier alpha value is -1.43. The lowest BCUT2D eigenvalue weighted by atomic mass is 10.1. The maximum Gasteiger partial charge on any atom is 0.128 e. The second kappa shape index (κ2) is 17.2. The van der Waals surface area contributed by atoms with Crippen molar-refractivity contribution in [2.45, 2.75) is 74.3 Å². The van der Waals surface area contributed by atoms with Gasteiger partial charge >= 0.3 is 0 Å². The van der Waals surface area contributed by atoms with Crippen molar-refractivity contribution in [2.24, 2.45) is 0 Å². The van der Waals surface area contributed by atoms with Crippen molar-refractivity contribution in [3.63, 3.8) is 0 Å². The number of hydrogen-bond donors (Lipinski definition) is 2. The van der Waals surface area contributed by atoms with E-state index in [9.17, 15) is 4.39 Å². The molecule has 0 fully saturated rings. The molecule has 2 nitrogen and oxygen atoms in total.